The van der Waals surface area contributed by atoms with Crippen molar-refractivity contribution in [1.29, 1.82) is 0 Å². The minimum atomic E-state index is 0.183. The van der Waals surface area contributed by atoms with Gasteiger partial charge in [0.2, 0.25) is 0 Å². The zero-order valence-corrected chi connectivity index (χ0v) is 20.3. The number of ether oxygens (including phenoxy) is 1. The molecular formula is C28H46O. The topological polar surface area (TPSA) is 9.23 Å². The summed E-state index contributed by atoms with van der Waals surface area (Å²) in [6.45, 7) is 13.8. The third kappa shape index (κ3) is 7.50. The van der Waals surface area contributed by atoms with Crippen LogP contribution in [-0.4, -0.2) is 0 Å². The van der Waals surface area contributed by atoms with Crippen LogP contribution in [0.25, 0.3) is 0 Å². The van der Waals surface area contributed by atoms with E-state index in [9.17, 15) is 0 Å². The summed E-state index contributed by atoms with van der Waals surface area (Å²) < 4.78 is 6.48. The molecule has 1 heterocycles. The maximum atomic E-state index is 6.48. The van der Waals surface area contributed by atoms with Crippen LogP contribution in [0.15, 0.2) is 23.5 Å². The molecule has 1 heteroatoms. The van der Waals surface area contributed by atoms with Crippen LogP contribution in [0.1, 0.15) is 129 Å². The highest BCUT2D eigenvalue weighted by molar-refractivity contribution is 5.51. The number of benzene rings is 1. The SMILES string of the molecule is CCCCCCCC1=C(C)Oc2c(CCCCCCC)cc(C(C)(C)C)cc2C1. The Morgan fingerprint density at radius 3 is 1.97 bits per heavy atom. The summed E-state index contributed by atoms with van der Waals surface area (Å²) in [4.78, 5) is 0. The van der Waals surface area contributed by atoms with Crippen molar-refractivity contribution in [2.75, 3.05) is 0 Å². The fourth-order valence-electron chi connectivity index (χ4n) is 4.34. The second kappa shape index (κ2) is 11.8. The highest BCUT2D eigenvalue weighted by atomic mass is 16.5. The first kappa shape index (κ1) is 24.0. The van der Waals surface area contributed by atoms with Gasteiger partial charge in [-0.1, -0.05) is 98.1 Å². The smallest absolute Gasteiger partial charge is 0.133 e. The van der Waals surface area contributed by atoms with Crippen molar-refractivity contribution in [2.24, 2.45) is 0 Å². The molecule has 1 aromatic rings. The van der Waals surface area contributed by atoms with Crippen LogP contribution in [0.5, 0.6) is 5.75 Å². The van der Waals surface area contributed by atoms with Crippen LogP contribution in [0.3, 0.4) is 0 Å². The molecule has 1 aliphatic rings. The van der Waals surface area contributed by atoms with E-state index in [-0.39, 0.29) is 5.41 Å². The van der Waals surface area contributed by atoms with Crippen molar-refractivity contribution in [3.8, 4) is 5.75 Å². The summed E-state index contributed by atoms with van der Waals surface area (Å²) in [5.74, 6) is 2.35. The van der Waals surface area contributed by atoms with Gasteiger partial charge in [-0.2, -0.15) is 0 Å². The van der Waals surface area contributed by atoms with Crippen LogP contribution in [0.2, 0.25) is 0 Å². The Labute approximate surface area is 181 Å². The Balaban J connectivity index is 2.12. The molecule has 1 aromatic carbocycles. The molecule has 0 atom stereocenters. The highest BCUT2D eigenvalue weighted by Crippen LogP contribution is 2.39. The van der Waals surface area contributed by atoms with Gasteiger partial charge in [0.05, 0.1) is 0 Å². The van der Waals surface area contributed by atoms with Crippen molar-refractivity contribution < 1.29 is 4.74 Å². The van der Waals surface area contributed by atoms with Gasteiger partial charge < -0.3 is 4.74 Å². The van der Waals surface area contributed by atoms with Crippen molar-refractivity contribution in [3.63, 3.8) is 0 Å². The van der Waals surface area contributed by atoms with Gasteiger partial charge >= 0.3 is 0 Å². The summed E-state index contributed by atoms with van der Waals surface area (Å²) >= 11 is 0. The molecule has 0 spiro atoms. The molecule has 0 radical (unpaired) electrons. The number of hydrogen-bond donors (Lipinski definition) is 0. The summed E-state index contributed by atoms with van der Waals surface area (Å²) in [5, 5.41) is 0. The molecule has 0 N–H and O–H groups in total. The lowest BCUT2D eigenvalue weighted by molar-refractivity contribution is 0.391. The average Bonchev–Trinajstić information content (AvgIpc) is 2.67. The molecular weight excluding hydrogens is 352 g/mol. The quantitative estimate of drug-likeness (QED) is 0.319. The molecule has 1 nitrogen and oxygen atoms in total. The van der Waals surface area contributed by atoms with Crippen molar-refractivity contribution in [2.45, 2.75) is 130 Å². The maximum Gasteiger partial charge on any atom is 0.133 e. The third-order valence-corrected chi connectivity index (χ3v) is 6.40. The molecule has 0 aliphatic carbocycles. The minimum Gasteiger partial charge on any atom is -0.461 e. The highest BCUT2D eigenvalue weighted by Gasteiger charge is 2.24. The lowest BCUT2D eigenvalue weighted by Gasteiger charge is -2.28. The number of rotatable bonds is 12. The Bertz CT molecular complexity index is 660. The number of hydrogen-bond acceptors (Lipinski definition) is 1. The number of unbranched alkanes of at least 4 members (excludes halogenated alkanes) is 8. The molecule has 0 unspecified atom stereocenters. The summed E-state index contributed by atoms with van der Waals surface area (Å²) in [6.07, 6.45) is 16.8. The summed E-state index contributed by atoms with van der Waals surface area (Å²) in [5.41, 5.74) is 6.03. The Morgan fingerprint density at radius 1 is 0.793 bits per heavy atom. The fourth-order valence-corrected chi connectivity index (χ4v) is 4.34. The first-order valence-corrected chi connectivity index (χ1v) is 12.4. The van der Waals surface area contributed by atoms with Crippen molar-refractivity contribution >= 4 is 0 Å². The Kier molecular flexibility index (Phi) is 9.80. The van der Waals surface area contributed by atoms with Crippen LogP contribution in [-0.2, 0) is 18.3 Å². The maximum absolute atomic E-state index is 6.48. The molecule has 2 rings (SSSR count). The van der Waals surface area contributed by atoms with Gasteiger partial charge in [0.15, 0.2) is 0 Å². The molecule has 0 saturated carbocycles. The largest absolute Gasteiger partial charge is 0.461 e. The molecule has 29 heavy (non-hydrogen) atoms. The standard InChI is InChI=1S/C28H46O/c1-7-9-11-13-15-17-23-19-25-21-26(28(4,5)6)20-24(27(25)29-22(23)3)18-16-14-12-10-8-2/h20-21H,7-19H2,1-6H3. The lowest BCUT2D eigenvalue weighted by atomic mass is 9.82. The van der Waals surface area contributed by atoms with Crippen LogP contribution in [0, 0.1) is 0 Å². The molecule has 1 aliphatic heterocycles. The Hall–Kier alpha value is -1.24. The molecule has 0 amide bonds. The zero-order chi connectivity index (χ0) is 21.3. The monoisotopic (exact) mass is 398 g/mol. The van der Waals surface area contributed by atoms with Gasteiger partial charge in [-0.05, 0) is 60.3 Å². The fraction of sp³-hybridized carbons (Fsp3) is 0.714. The van der Waals surface area contributed by atoms with E-state index in [0.29, 0.717) is 0 Å². The molecule has 0 fully saturated rings. The predicted molar refractivity (Wildman–Crippen MR) is 128 cm³/mol. The van der Waals surface area contributed by atoms with E-state index in [2.05, 4.69) is 53.7 Å². The molecule has 0 aromatic heterocycles. The van der Waals surface area contributed by atoms with E-state index < -0.39 is 0 Å². The first-order chi connectivity index (χ1) is 13.9. The van der Waals surface area contributed by atoms with E-state index >= 15 is 0 Å². The van der Waals surface area contributed by atoms with E-state index in [1.54, 1.807) is 0 Å². The average molecular weight is 399 g/mol. The van der Waals surface area contributed by atoms with E-state index in [1.165, 1.54) is 104 Å². The van der Waals surface area contributed by atoms with E-state index in [1.807, 2.05) is 0 Å². The lowest BCUT2D eigenvalue weighted by Crippen LogP contribution is -2.16. The van der Waals surface area contributed by atoms with Gasteiger partial charge in [-0.25, -0.2) is 0 Å². The van der Waals surface area contributed by atoms with E-state index in [0.717, 1.165) is 12.8 Å². The minimum absolute atomic E-state index is 0.183. The van der Waals surface area contributed by atoms with Crippen LogP contribution in [0.4, 0.5) is 0 Å². The normalized spacial score (nSPS) is 14.1. The summed E-state index contributed by atoms with van der Waals surface area (Å²) in [6, 6.07) is 4.86. The van der Waals surface area contributed by atoms with E-state index in [4.69, 9.17) is 4.74 Å². The number of fused-ring (bicyclic) bond motifs is 1. The second-order valence-corrected chi connectivity index (χ2v) is 10.1. The third-order valence-electron chi connectivity index (χ3n) is 6.40. The molecule has 164 valence electrons. The van der Waals surface area contributed by atoms with Crippen molar-refractivity contribution in [1.82, 2.24) is 0 Å². The van der Waals surface area contributed by atoms with Crippen LogP contribution >= 0.6 is 0 Å². The van der Waals surface area contributed by atoms with Crippen molar-refractivity contribution in [3.05, 3.63) is 40.2 Å². The summed E-state index contributed by atoms with van der Waals surface area (Å²) in [7, 11) is 0. The van der Waals surface area contributed by atoms with Gasteiger partial charge in [0.25, 0.3) is 0 Å². The van der Waals surface area contributed by atoms with Crippen LogP contribution < -0.4 is 4.74 Å². The molecule has 0 bridgehead atoms. The first-order valence-electron chi connectivity index (χ1n) is 12.4. The van der Waals surface area contributed by atoms with Gasteiger partial charge in [-0.15, -0.1) is 0 Å². The Morgan fingerprint density at radius 2 is 1.38 bits per heavy atom. The van der Waals surface area contributed by atoms with Gasteiger partial charge in [-0.3, -0.25) is 0 Å². The van der Waals surface area contributed by atoms with Gasteiger partial charge in [0, 0.05) is 6.42 Å². The van der Waals surface area contributed by atoms with Gasteiger partial charge in [0.1, 0.15) is 11.5 Å². The number of allylic oxidation sites excluding steroid dienone is 2. The second-order valence-electron chi connectivity index (χ2n) is 10.1. The zero-order valence-electron chi connectivity index (χ0n) is 20.3. The predicted octanol–water partition coefficient (Wildman–Crippen LogP) is 9.07. The molecule has 0 saturated heterocycles. The number of aryl methyl sites for hydroxylation is 1.